The average molecular weight is 302 g/mol. The van der Waals surface area contributed by atoms with Crippen molar-refractivity contribution < 1.29 is 9.66 Å². The third kappa shape index (κ3) is 2.75. The second kappa shape index (κ2) is 5.34. The van der Waals surface area contributed by atoms with Gasteiger partial charge in [0.2, 0.25) is 0 Å². The fourth-order valence-electron chi connectivity index (χ4n) is 1.85. The van der Waals surface area contributed by atoms with Crippen LogP contribution in [-0.2, 0) is 0 Å². The second-order valence-electron chi connectivity index (χ2n) is 4.18. The number of rotatable bonds is 3. The van der Waals surface area contributed by atoms with E-state index in [4.69, 9.17) is 16.3 Å². The molecule has 0 amide bonds. The first kappa shape index (κ1) is 13.3. The van der Waals surface area contributed by atoms with Gasteiger partial charge in [-0.2, -0.15) is 4.98 Å². The monoisotopic (exact) mass is 301 g/mol. The van der Waals surface area contributed by atoms with Crippen molar-refractivity contribution in [2.24, 2.45) is 0 Å². The van der Waals surface area contributed by atoms with Gasteiger partial charge in [0, 0.05) is 23.7 Å². The van der Waals surface area contributed by atoms with Crippen molar-refractivity contribution >= 4 is 28.2 Å². The van der Waals surface area contributed by atoms with Crippen LogP contribution in [0, 0.1) is 10.1 Å². The van der Waals surface area contributed by atoms with Crippen LogP contribution >= 0.6 is 11.6 Å². The number of benzene rings is 1. The molecule has 0 unspecified atom stereocenters. The first-order chi connectivity index (χ1) is 10.1. The van der Waals surface area contributed by atoms with Crippen LogP contribution in [-0.4, -0.2) is 14.9 Å². The van der Waals surface area contributed by atoms with Gasteiger partial charge < -0.3 is 4.74 Å². The molecule has 0 bridgehead atoms. The zero-order chi connectivity index (χ0) is 14.8. The van der Waals surface area contributed by atoms with E-state index < -0.39 is 4.92 Å². The van der Waals surface area contributed by atoms with Gasteiger partial charge in [0.05, 0.1) is 10.4 Å². The SMILES string of the molecule is O=[N+]([O-])c1ccc(Cl)nc1Oc1ccc2cccnc2c1. The van der Waals surface area contributed by atoms with Crippen LogP contribution in [0.5, 0.6) is 11.6 Å². The third-order valence-corrected chi connectivity index (χ3v) is 3.01. The quantitative estimate of drug-likeness (QED) is 0.415. The van der Waals surface area contributed by atoms with Gasteiger partial charge in [0.25, 0.3) is 0 Å². The number of halogens is 1. The largest absolute Gasteiger partial charge is 0.434 e. The Balaban J connectivity index is 2.02. The van der Waals surface area contributed by atoms with Gasteiger partial charge in [0.1, 0.15) is 10.9 Å². The smallest absolute Gasteiger partial charge is 0.331 e. The highest BCUT2D eigenvalue weighted by atomic mass is 35.5. The Kier molecular flexibility index (Phi) is 3.37. The summed E-state index contributed by atoms with van der Waals surface area (Å²) < 4.78 is 5.48. The third-order valence-electron chi connectivity index (χ3n) is 2.79. The highest BCUT2D eigenvalue weighted by Crippen LogP contribution is 2.31. The van der Waals surface area contributed by atoms with Gasteiger partial charge >= 0.3 is 11.6 Å². The summed E-state index contributed by atoms with van der Waals surface area (Å²) in [5.74, 6) is 0.252. The average Bonchev–Trinajstić information content (AvgIpc) is 2.47. The maximum absolute atomic E-state index is 11.0. The second-order valence-corrected chi connectivity index (χ2v) is 4.56. The molecule has 0 aliphatic rings. The molecule has 0 saturated carbocycles. The van der Waals surface area contributed by atoms with E-state index in [1.165, 1.54) is 12.1 Å². The molecular formula is C14H8ClN3O3. The molecule has 3 aromatic rings. The standard InChI is InChI=1S/C14H8ClN3O3/c15-13-6-5-12(18(19)20)14(17-13)21-10-4-3-9-2-1-7-16-11(9)8-10/h1-8H. The van der Waals surface area contributed by atoms with E-state index >= 15 is 0 Å². The summed E-state index contributed by atoms with van der Waals surface area (Å²) in [6, 6.07) is 11.5. The first-order valence-corrected chi connectivity index (χ1v) is 6.35. The maximum Gasteiger partial charge on any atom is 0.331 e. The first-order valence-electron chi connectivity index (χ1n) is 5.97. The molecule has 2 aromatic heterocycles. The Hall–Kier alpha value is -2.73. The van der Waals surface area contributed by atoms with E-state index in [9.17, 15) is 10.1 Å². The van der Waals surface area contributed by atoms with E-state index in [-0.39, 0.29) is 16.7 Å². The topological polar surface area (TPSA) is 78.2 Å². The van der Waals surface area contributed by atoms with Crippen LogP contribution in [0.4, 0.5) is 5.69 Å². The molecule has 0 saturated heterocycles. The number of hydrogen-bond acceptors (Lipinski definition) is 5. The molecule has 1 aromatic carbocycles. The Labute approximate surface area is 124 Å². The van der Waals surface area contributed by atoms with Gasteiger partial charge in [-0.15, -0.1) is 0 Å². The van der Waals surface area contributed by atoms with Crippen molar-refractivity contribution in [2.75, 3.05) is 0 Å². The van der Waals surface area contributed by atoms with E-state index in [2.05, 4.69) is 9.97 Å². The highest BCUT2D eigenvalue weighted by Gasteiger charge is 2.18. The lowest BCUT2D eigenvalue weighted by Gasteiger charge is -2.06. The van der Waals surface area contributed by atoms with E-state index in [0.29, 0.717) is 5.75 Å². The summed E-state index contributed by atoms with van der Waals surface area (Å²) in [6.45, 7) is 0. The predicted molar refractivity (Wildman–Crippen MR) is 77.7 cm³/mol. The fraction of sp³-hybridized carbons (Fsp3) is 0. The number of nitrogens with zero attached hydrogens (tertiary/aromatic N) is 3. The van der Waals surface area contributed by atoms with E-state index in [0.717, 1.165) is 10.9 Å². The summed E-state index contributed by atoms with van der Waals surface area (Å²) in [6.07, 6.45) is 1.66. The fourth-order valence-corrected chi connectivity index (χ4v) is 1.99. The molecule has 21 heavy (non-hydrogen) atoms. The molecule has 7 heteroatoms. The number of ether oxygens (including phenoxy) is 1. The summed E-state index contributed by atoms with van der Waals surface area (Å²) in [4.78, 5) is 18.4. The highest BCUT2D eigenvalue weighted by molar-refractivity contribution is 6.29. The van der Waals surface area contributed by atoms with Crippen LogP contribution < -0.4 is 4.74 Å². The Bertz CT molecular complexity index is 839. The lowest BCUT2D eigenvalue weighted by atomic mass is 10.2. The molecule has 0 fully saturated rings. The minimum atomic E-state index is -0.571. The van der Waals surface area contributed by atoms with Crippen molar-refractivity contribution in [3.8, 4) is 11.6 Å². The van der Waals surface area contributed by atoms with Crippen LogP contribution in [0.3, 0.4) is 0 Å². The molecule has 0 N–H and O–H groups in total. The van der Waals surface area contributed by atoms with Gasteiger partial charge in [-0.25, -0.2) is 0 Å². The van der Waals surface area contributed by atoms with Crippen molar-refractivity contribution in [3.05, 3.63) is 63.9 Å². The van der Waals surface area contributed by atoms with Gasteiger partial charge in [0.15, 0.2) is 0 Å². The molecule has 0 radical (unpaired) electrons. The number of hydrogen-bond donors (Lipinski definition) is 0. The molecule has 0 atom stereocenters. The van der Waals surface area contributed by atoms with Crippen LogP contribution in [0.15, 0.2) is 48.7 Å². The van der Waals surface area contributed by atoms with E-state index in [1.54, 1.807) is 18.3 Å². The minimum Gasteiger partial charge on any atom is -0.434 e. The van der Waals surface area contributed by atoms with Crippen LogP contribution in [0.1, 0.15) is 0 Å². The van der Waals surface area contributed by atoms with Crippen LogP contribution in [0.2, 0.25) is 5.15 Å². The maximum atomic E-state index is 11.0. The Morgan fingerprint density at radius 3 is 2.86 bits per heavy atom. The van der Waals surface area contributed by atoms with Crippen molar-refractivity contribution in [1.29, 1.82) is 0 Å². The molecule has 3 rings (SSSR count). The zero-order valence-corrected chi connectivity index (χ0v) is 11.3. The molecule has 0 spiro atoms. The van der Waals surface area contributed by atoms with Gasteiger partial charge in [-0.3, -0.25) is 15.1 Å². The molecular weight excluding hydrogens is 294 g/mol. The Morgan fingerprint density at radius 2 is 2.05 bits per heavy atom. The molecule has 104 valence electrons. The lowest BCUT2D eigenvalue weighted by molar-refractivity contribution is -0.386. The number of aromatic nitrogens is 2. The van der Waals surface area contributed by atoms with Gasteiger partial charge in [-0.05, 0) is 24.3 Å². The molecule has 0 aliphatic carbocycles. The molecule has 2 heterocycles. The summed E-state index contributed by atoms with van der Waals surface area (Å²) in [5.41, 5.74) is 0.472. The van der Waals surface area contributed by atoms with Gasteiger partial charge in [-0.1, -0.05) is 17.7 Å². The van der Waals surface area contributed by atoms with Crippen molar-refractivity contribution in [1.82, 2.24) is 9.97 Å². The number of pyridine rings is 2. The van der Waals surface area contributed by atoms with E-state index in [1.807, 2.05) is 18.2 Å². The molecule has 0 aliphatic heterocycles. The number of nitro groups is 1. The molecule has 6 nitrogen and oxygen atoms in total. The zero-order valence-electron chi connectivity index (χ0n) is 10.6. The number of fused-ring (bicyclic) bond motifs is 1. The van der Waals surface area contributed by atoms with Crippen molar-refractivity contribution in [3.63, 3.8) is 0 Å². The minimum absolute atomic E-state index is 0.120. The summed E-state index contributed by atoms with van der Waals surface area (Å²) in [7, 11) is 0. The van der Waals surface area contributed by atoms with Crippen LogP contribution in [0.25, 0.3) is 10.9 Å². The summed E-state index contributed by atoms with van der Waals surface area (Å²) >= 11 is 5.76. The Morgan fingerprint density at radius 1 is 1.19 bits per heavy atom. The summed E-state index contributed by atoms with van der Waals surface area (Å²) in [5, 5.41) is 12.0. The predicted octanol–water partition coefficient (Wildman–Crippen LogP) is 3.98. The lowest BCUT2D eigenvalue weighted by Crippen LogP contribution is -1.96. The normalized spacial score (nSPS) is 10.5. The van der Waals surface area contributed by atoms with Crippen molar-refractivity contribution in [2.45, 2.75) is 0 Å².